The SMILES string of the molecule is CCOc1ccc([C@H](C)CO)cc1. The molecule has 1 aromatic rings. The molecule has 2 nitrogen and oxygen atoms in total. The van der Waals surface area contributed by atoms with E-state index in [1.165, 1.54) is 0 Å². The Balaban J connectivity index is 2.69. The molecule has 0 bridgehead atoms. The molecular formula is C11H16O2. The highest BCUT2D eigenvalue weighted by atomic mass is 16.5. The molecule has 1 atom stereocenters. The van der Waals surface area contributed by atoms with Gasteiger partial charge in [0.15, 0.2) is 0 Å². The van der Waals surface area contributed by atoms with Crippen molar-refractivity contribution in [2.24, 2.45) is 0 Å². The van der Waals surface area contributed by atoms with Gasteiger partial charge in [0.05, 0.1) is 6.61 Å². The molecule has 0 heterocycles. The molecule has 0 saturated carbocycles. The second kappa shape index (κ2) is 4.87. The summed E-state index contributed by atoms with van der Waals surface area (Å²) in [6.45, 7) is 4.84. The van der Waals surface area contributed by atoms with Gasteiger partial charge in [-0.05, 0) is 24.6 Å². The Morgan fingerprint density at radius 2 is 1.92 bits per heavy atom. The summed E-state index contributed by atoms with van der Waals surface area (Å²) in [5, 5.41) is 8.93. The van der Waals surface area contributed by atoms with Crippen molar-refractivity contribution in [2.75, 3.05) is 13.2 Å². The first-order valence-corrected chi connectivity index (χ1v) is 4.61. The summed E-state index contributed by atoms with van der Waals surface area (Å²) in [6.07, 6.45) is 0. The summed E-state index contributed by atoms with van der Waals surface area (Å²) in [5.74, 6) is 1.09. The molecule has 0 aliphatic heterocycles. The molecule has 0 amide bonds. The van der Waals surface area contributed by atoms with E-state index in [2.05, 4.69) is 0 Å². The minimum absolute atomic E-state index is 0.188. The van der Waals surface area contributed by atoms with Gasteiger partial charge in [-0.1, -0.05) is 19.1 Å². The largest absolute Gasteiger partial charge is 0.494 e. The van der Waals surface area contributed by atoms with E-state index >= 15 is 0 Å². The van der Waals surface area contributed by atoms with Gasteiger partial charge in [-0.25, -0.2) is 0 Å². The highest BCUT2D eigenvalue weighted by Crippen LogP contribution is 2.18. The molecule has 0 spiro atoms. The lowest BCUT2D eigenvalue weighted by molar-refractivity contribution is 0.273. The summed E-state index contributed by atoms with van der Waals surface area (Å²) >= 11 is 0. The minimum Gasteiger partial charge on any atom is -0.494 e. The molecule has 2 heteroatoms. The zero-order chi connectivity index (χ0) is 9.68. The highest BCUT2D eigenvalue weighted by Gasteiger charge is 2.02. The Bertz CT molecular complexity index is 241. The smallest absolute Gasteiger partial charge is 0.119 e. The van der Waals surface area contributed by atoms with Crippen LogP contribution in [-0.2, 0) is 0 Å². The van der Waals surface area contributed by atoms with Crippen molar-refractivity contribution in [1.29, 1.82) is 0 Å². The van der Waals surface area contributed by atoms with E-state index in [0.717, 1.165) is 11.3 Å². The minimum atomic E-state index is 0.188. The molecule has 0 fully saturated rings. The quantitative estimate of drug-likeness (QED) is 0.769. The van der Waals surface area contributed by atoms with Gasteiger partial charge in [0.25, 0.3) is 0 Å². The van der Waals surface area contributed by atoms with Crippen LogP contribution in [0.2, 0.25) is 0 Å². The van der Waals surface area contributed by atoms with Crippen molar-refractivity contribution in [2.45, 2.75) is 19.8 Å². The second-order valence-corrected chi connectivity index (χ2v) is 3.09. The normalized spacial score (nSPS) is 12.5. The van der Waals surface area contributed by atoms with E-state index in [4.69, 9.17) is 9.84 Å². The number of ether oxygens (including phenoxy) is 1. The zero-order valence-corrected chi connectivity index (χ0v) is 8.16. The summed E-state index contributed by atoms with van der Waals surface area (Å²) in [7, 11) is 0. The Hall–Kier alpha value is -1.02. The first kappa shape index (κ1) is 10.1. The van der Waals surface area contributed by atoms with Gasteiger partial charge in [-0.3, -0.25) is 0 Å². The summed E-state index contributed by atoms with van der Waals surface area (Å²) in [6, 6.07) is 7.85. The van der Waals surface area contributed by atoms with Gasteiger partial charge in [-0.15, -0.1) is 0 Å². The number of aliphatic hydroxyl groups excluding tert-OH is 1. The van der Waals surface area contributed by atoms with E-state index in [1.54, 1.807) is 0 Å². The highest BCUT2D eigenvalue weighted by molar-refractivity contribution is 5.29. The zero-order valence-electron chi connectivity index (χ0n) is 8.16. The number of benzene rings is 1. The maximum atomic E-state index is 8.93. The Morgan fingerprint density at radius 1 is 1.31 bits per heavy atom. The molecule has 72 valence electrons. The second-order valence-electron chi connectivity index (χ2n) is 3.09. The van der Waals surface area contributed by atoms with Crippen LogP contribution in [-0.4, -0.2) is 18.3 Å². The lowest BCUT2D eigenvalue weighted by Crippen LogP contribution is -1.98. The van der Waals surface area contributed by atoms with E-state index in [0.29, 0.717) is 6.61 Å². The molecule has 1 rings (SSSR count). The maximum absolute atomic E-state index is 8.93. The van der Waals surface area contributed by atoms with Crippen LogP contribution in [0.15, 0.2) is 24.3 Å². The van der Waals surface area contributed by atoms with Crippen LogP contribution in [0, 0.1) is 0 Å². The van der Waals surface area contributed by atoms with Crippen LogP contribution in [0.25, 0.3) is 0 Å². The predicted molar refractivity (Wildman–Crippen MR) is 53.1 cm³/mol. The van der Waals surface area contributed by atoms with Gasteiger partial charge in [0.1, 0.15) is 5.75 Å². The molecule has 0 aromatic heterocycles. The fourth-order valence-corrected chi connectivity index (χ4v) is 1.16. The molecule has 0 unspecified atom stereocenters. The van der Waals surface area contributed by atoms with Gasteiger partial charge in [0, 0.05) is 12.5 Å². The number of rotatable bonds is 4. The van der Waals surface area contributed by atoms with E-state index in [-0.39, 0.29) is 12.5 Å². The number of aliphatic hydroxyl groups is 1. The Labute approximate surface area is 79.2 Å². The van der Waals surface area contributed by atoms with Crippen molar-refractivity contribution in [3.63, 3.8) is 0 Å². The van der Waals surface area contributed by atoms with E-state index < -0.39 is 0 Å². The first-order chi connectivity index (χ1) is 6.27. The van der Waals surface area contributed by atoms with Gasteiger partial charge < -0.3 is 9.84 Å². The van der Waals surface area contributed by atoms with Crippen molar-refractivity contribution < 1.29 is 9.84 Å². The topological polar surface area (TPSA) is 29.5 Å². The van der Waals surface area contributed by atoms with Crippen molar-refractivity contribution >= 4 is 0 Å². The van der Waals surface area contributed by atoms with Crippen molar-refractivity contribution in [1.82, 2.24) is 0 Å². The van der Waals surface area contributed by atoms with E-state index in [1.807, 2.05) is 38.1 Å². The maximum Gasteiger partial charge on any atom is 0.119 e. The fourth-order valence-electron chi connectivity index (χ4n) is 1.16. The Morgan fingerprint density at radius 3 is 2.38 bits per heavy atom. The van der Waals surface area contributed by atoms with Crippen LogP contribution < -0.4 is 4.74 Å². The molecular weight excluding hydrogens is 164 g/mol. The Kier molecular flexibility index (Phi) is 3.77. The first-order valence-electron chi connectivity index (χ1n) is 4.61. The van der Waals surface area contributed by atoms with Crippen LogP contribution in [0.1, 0.15) is 25.3 Å². The molecule has 1 N–H and O–H groups in total. The fraction of sp³-hybridized carbons (Fsp3) is 0.455. The van der Waals surface area contributed by atoms with Crippen LogP contribution in [0.3, 0.4) is 0 Å². The van der Waals surface area contributed by atoms with Gasteiger partial charge in [-0.2, -0.15) is 0 Å². The summed E-state index contributed by atoms with van der Waals surface area (Å²) in [4.78, 5) is 0. The predicted octanol–water partition coefficient (Wildman–Crippen LogP) is 2.18. The molecule has 0 radical (unpaired) electrons. The average molecular weight is 180 g/mol. The molecule has 1 aromatic carbocycles. The average Bonchev–Trinajstić information content (AvgIpc) is 2.18. The van der Waals surface area contributed by atoms with Crippen LogP contribution in [0.4, 0.5) is 0 Å². The summed E-state index contributed by atoms with van der Waals surface area (Å²) < 4.78 is 5.31. The molecule has 0 aliphatic rings. The van der Waals surface area contributed by atoms with Crippen molar-refractivity contribution in [3.8, 4) is 5.75 Å². The van der Waals surface area contributed by atoms with Crippen LogP contribution >= 0.6 is 0 Å². The molecule has 13 heavy (non-hydrogen) atoms. The standard InChI is InChI=1S/C11H16O2/c1-3-13-11-6-4-10(5-7-11)9(2)8-12/h4-7,9,12H,3,8H2,1-2H3/t9-/m1/s1. The van der Waals surface area contributed by atoms with Gasteiger partial charge in [0.2, 0.25) is 0 Å². The molecule has 0 saturated heterocycles. The monoisotopic (exact) mass is 180 g/mol. The molecule has 0 aliphatic carbocycles. The number of hydrogen-bond acceptors (Lipinski definition) is 2. The number of hydrogen-bond donors (Lipinski definition) is 1. The van der Waals surface area contributed by atoms with E-state index in [9.17, 15) is 0 Å². The summed E-state index contributed by atoms with van der Waals surface area (Å²) in [5.41, 5.74) is 1.14. The third-order valence-electron chi connectivity index (χ3n) is 2.03. The third kappa shape index (κ3) is 2.74. The van der Waals surface area contributed by atoms with Crippen molar-refractivity contribution in [3.05, 3.63) is 29.8 Å². The van der Waals surface area contributed by atoms with Crippen LogP contribution in [0.5, 0.6) is 5.75 Å². The lowest BCUT2D eigenvalue weighted by Gasteiger charge is -2.09. The van der Waals surface area contributed by atoms with Gasteiger partial charge >= 0.3 is 0 Å². The third-order valence-corrected chi connectivity index (χ3v) is 2.03. The lowest BCUT2D eigenvalue weighted by atomic mass is 10.0.